The van der Waals surface area contributed by atoms with Gasteiger partial charge in [-0.3, -0.25) is 4.90 Å². The van der Waals surface area contributed by atoms with Crippen LogP contribution in [-0.2, 0) is 6.54 Å². The van der Waals surface area contributed by atoms with E-state index in [9.17, 15) is 4.79 Å². The average Bonchev–Trinajstić information content (AvgIpc) is 2.95. The molecule has 0 saturated carbocycles. The second kappa shape index (κ2) is 9.06. The van der Waals surface area contributed by atoms with E-state index in [1.807, 2.05) is 18.2 Å². The van der Waals surface area contributed by atoms with Gasteiger partial charge in [0.25, 0.3) is 0 Å². The lowest BCUT2D eigenvalue weighted by molar-refractivity contribution is 0.201. The van der Waals surface area contributed by atoms with Crippen LogP contribution in [0.25, 0.3) is 0 Å². The minimum atomic E-state index is -0.0306. The Labute approximate surface area is 150 Å². The van der Waals surface area contributed by atoms with Crippen molar-refractivity contribution in [2.45, 2.75) is 26.4 Å². The SMILES string of the molecule is CC(C)[C@@H]1CN(Cc2cccc(OCCO)c2)C[C@H]1NC(=O)N(C)C. The van der Waals surface area contributed by atoms with Crippen LogP contribution in [0.4, 0.5) is 4.79 Å². The molecule has 0 aromatic heterocycles. The van der Waals surface area contributed by atoms with Crippen molar-refractivity contribution in [1.82, 2.24) is 15.1 Å². The lowest BCUT2D eigenvalue weighted by atomic mass is 9.91. The second-order valence-electron chi connectivity index (χ2n) is 7.27. The molecule has 140 valence electrons. The zero-order valence-electron chi connectivity index (χ0n) is 15.7. The Morgan fingerprint density at radius 3 is 2.80 bits per heavy atom. The van der Waals surface area contributed by atoms with Gasteiger partial charge in [0.05, 0.1) is 6.61 Å². The molecule has 25 heavy (non-hydrogen) atoms. The topological polar surface area (TPSA) is 65.0 Å². The van der Waals surface area contributed by atoms with Gasteiger partial charge in [0.1, 0.15) is 12.4 Å². The van der Waals surface area contributed by atoms with Crippen molar-refractivity contribution in [2.75, 3.05) is 40.4 Å². The molecule has 1 saturated heterocycles. The number of carbonyl (C=O) groups is 1. The minimum Gasteiger partial charge on any atom is -0.491 e. The van der Waals surface area contributed by atoms with E-state index < -0.39 is 0 Å². The van der Waals surface area contributed by atoms with Crippen molar-refractivity contribution in [3.8, 4) is 5.75 Å². The van der Waals surface area contributed by atoms with Gasteiger partial charge in [-0.25, -0.2) is 4.79 Å². The summed E-state index contributed by atoms with van der Waals surface area (Å²) < 4.78 is 5.49. The number of carbonyl (C=O) groups excluding carboxylic acids is 1. The number of hydrogen-bond acceptors (Lipinski definition) is 4. The van der Waals surface area contributed by atoms with Crippen LogP contribution in [0.1, 0.15) is 19.4 Å². The number of nitrogens with zero attached hydrogens (tertiary/aromatic N) is 2. The van der Waals surface area contributed by atoms with Gasteiger partial charge in [-0.05, 0) is 29.5 Å². The number of likely N-dealkylation sites (tertiary alicyclic amines) is 1. The normalized spacial score (nSPS) is 20.7. The molecule has 0 bridgehead atoms. The van der Waals surface area contributed by atoms with Gasteiger partial charge in [-0.1, -0.05) is 26.0 Å². The van der Waals surface area contributed by atoms with E-state index in [2.05, 4.69) is 30.1 Å². The smallest absolute Gasteiger partial charge is 0.317 e. The molecule has 1 fully saturated rings. The van der Waals surface area contributed by atoms with Crippen molar-refractivity contribution in [3.05, 3.63) is 29.8 Å². The third kappa shape index (κ3) is 5.61. The van der Waals surface area contributed by atoms with Crippen LogP contribution >= 0.6 is 0 Å². The Kier molecular flexibility index (Phi) is 7.08. The van der Waals surface area contributed by atoms with E-state index in [-0.39, 0.29) is 18.7 Å². The molecule has 0 unspecified atom stereocenters. The first-order valence-electron chi connectivity index (χ1n) is 8.93. The Balaban J connectivity index is 1.99. The first kappa shape index (κ1) is 19.5. The molecule has 2 N–H and O–H groups in total. The maximum Gasteiger partial charge on any atom is 0.317 e. The lowest BCUT2D eigenvalue weighted by Crippen LogP contribution is -2.46. The molecule has 6 nitrogen and oxygen atoms in total. The molecule has 0 aliphatic carbocycles. The van der Waals surface area contributed by atoms with Crippen LogP contribution in [0.15, 0.2) is 24.3 Å². The molecule has 0 spiro atoms. The third-order valence-corrected chi connectivity index (χ3v) is 4.68. The van der Waals surface area contributed by atoms with Crippen LogP contribution in [0.3, 0.4) is 0 Å². The Morgan fingerprint density at radius 2 is 2.16 bits per heavy atom. The highest BCUT2D eigenvalue weighted by molar-refractivity contribution is 5.73. The van der Waals surface area contributed by atoms with E-state index in [0.29, 0.717) is 18.4 Å². The molecule has 1 aliphatic rings. The minimum absolute atomic E-state index is 0.0136. The van der Waals surface area contributed by atoms with Gasteiger partial charge >= 0.3 is 6.03 Å². The van der Waals surface area contributed by atoms with E-state index in [4.69, 9.17) is 9.84 Å². The summed E-state index contributed by atoms with van der Waals surface area (Å²) in [5.74, 6) is 1.73. The van der Waals surface area contributed by atoms with Crippen molar-refractivity contribution in [3.63, 3.8) is 0 Å². The van der Waals surface area contributed by atoms with Crippen LogP contribution in [0.2, 0.25) is 0 Å². The van der Waals surface area contributed by atoms with Gasteiger partial charge in [0.2, 0.25) is 0 Å². The summed E-state index contributed by atoms with van der Waals surface area (Å²) in [4.78, 5) is 16.0. The van der Waals surface area contributed by atoms with E-state index >= 15 is 0 Å². The monoisotopic (exact) mass is 349 g/mol. The zero-order chi connectivity index (χ0) is 18.4. The van der Waals surface area contributed by atoms with Gasteiger partial charge in [0, 0.05) is 39.8 Å². The number of benzene rings is 1. The van der Waals surface area contributed by atoms with Crippen LogP contribution in [-0.4, -0.2) is 67.4 Å². The maximum atomic E-state index is 12.0. The van der Waals surface area contributed by atoms with Gasteiger partial charge in [-0.15, -0.1) is 0 Å². The fraction of sp³-hybridized carbons (Fsp3) is 0.632. The standard InChI is InChI=1S/C19H31N3O3/c1-14(2)17-12-22(13-18(17)20-19(24)21(3)4)11-15-6-5-7-16(10-15)25-9-8-23/h5-7,10,14,17-18,23H,8-9,11-13H2,1-4H3,(H,20,24)/t17-,18+/m0/s1. The summed E-state index contributed by atoms with van der Waals surface area (Å²) in [6, 6.07) is 8.12. The number of aliphatic hydroxyl groups is 1. The number of urea groups is 1. The van der Waals surface area contributed by atoms with Gasteiger partial charge < -0.3 is 20.1 Å². The number of rotatable bonds is 7. The van der Waals surface area contributed by atoms with E-state index in [1.54, 1.807) is 19.0 Å². The molecule has 1 aromatic rings. The maximum absolute atomic E-state index is 12.0. The highest BCUT2D eigenvalue weighted by Crippen LogP contribution is 2.26. The third-order valence-electron chi connectivity index (χ3n) is 4.68. The Morgan fingerprint density at radius 1 is 1.40 bits per heavy atom. The molecule has 2 amide bonds. The summed E-state index contributed by atoms with van der Waals surface area (Å²) in [7, 11) is 3.54. The number of hydrogen-bond donors (Lipinski definition) is 2. The summed E-state index contributed by atoms with van der Waals surface area (Å²) in [6.45, 7) is 7.40. The molecule has 1 aromatic carbocycles. The van der Waals surface area contributed by atoms with Crippen molar-refractivity contribution in [2.24, 2.45) is 11.8 Å². The van der Waals surface area contributed by atoms with E-state index in [1.165, 1.54) is 5.56 Å². The fourth-order valence-electron chi connectivity index (χ4n) is 3.31. The molecule has 2 rings (SSSR count). The van der Waals surface area contributed by atoms with Gasteiger partial charge in [0.15, 0.2) is 0 Å². The predicted octanol–water partition coefficient (Wildman–Crippen LogP) is 1.79. The predicted molar refractivity (Wildman–Crippen MR) is 98.6 cm³/mol. The molecule has 6 heteroatoms. The zero-order valence-corrected chi connectivity index (χ0v) is 15.7. The molecule has 0 radical (unpaired) electrons. The molecule has 1 aliphatic heterocycles. The highest BCUT2D eigenvalue weighted by Gasteiger charge is 2.35. The van der Waals surface area contributed by atoms with Gasteiger partial charge in [-0.2, -0.15) is 0 Å². The van der Waals surface area contributed by atoms with E-state index in [0.717, 1.165) is 25.4 Å². The second-order valence-corrected chi connectivity index (χ2v) is 7.27. The van der Waals surface area contributed by atoms with Crippen molar-refractivity contribution in [1.29, 1.82) is 0 Å². The number of aliphatic hydroxyl groups excluding tert-OH is 1. The Bertz CT molecular complexity index is 563. The fourth-order valence-corrected chi connectivity index (χ4v) is 3.31. The van der Waals surface area contributed by atoms with Crippen LogP contribution in [0, 0.1) is 11.8 Å². The summed E-state index contributed by atoms with van der Waals surface area (Å²) >= 11 is 0. The number of ether oxygens (including phenoxy) is 1. The Hall–Kier alpha value is -1.79. The summed E-state index contributed by atoms with van der Waals surface area (Å²) in [5.41, 5.74) is 1.18. The number of nitrogens with one attached hydrogen (secondary N) is 1. The van der Waals surface area contributed by atoms with Crippen LogP contribution < -0.4 is 10.1 Å². The summed E-state index contributed by atoms with van der Waals surface area (Å²) in [6.07, 6.45) is 0. The molecule has 1 heterocycles. The van der Waals surface area contributed by atoms with Crippen molar-refractivity contribution < 1.29 is 14.6 Å². The first-order chi connectivity index (χ1) is 11.9. The van der Waals surface area contributed by atoms with Crippen molar-refractivity contribution >= 4 is 6.03 Å². The first-order valence-corrected chi connectivity index (χ1v) is 8.93. The quantitative estimate of drug-likeness (QED) is 0.788. The average molecular weight is 349 g/mol. The molecule has 2 atom stereocenters. The molecular weight excluding hydrogens is 318 g/mol. The largest absolute Gasteiger partial charge is 0.491 e. The molecular formula is C19H31N3O3. The lowest BCUT2D eigenvalue weighted by Gasteiger charge is -2.24. The van der Waals surface area contributed by atoms with Crippen LogP contribution in [0.5, 0.6) is 5.75 Å². The summed E-state index contributed by atoms with van der Waals surface area (Å²) in [5, 5.41) is 12.0. The number of amides is 2. The highest BCUT2D eigenvalue weighted by atomic mass is 16.5.